The van der Waals surface area contributed by atoms with E-state index in [4.69, 9.17) is 9.73 Å². The minimum atomic E-state index is -4.65. The van der Waals surface area contributed by atoms with Gasteiger partial charge in [0.05, 0.1) is 23.9 Å². The summed E-state index contributed by atoms with van der Waals surface area (Å²) in [6.45, 7) is 4.92. The van der Waals surface area contributed by atoms with Crippen molar-refractivity contribution in [2.45, 2.75) is 52.4 Å². The molecule has 2 aliphatic rings. The molecule has 0 fully saturated rings. The van der Waals surface area contributed by atoms with Crippen LogP contribution in [-0.2, 0) is 6.18 Å². The molecule has 0 amide bonds. The lowest BCUT2D eigenvalue weighted by molar-refractivity contribution is -0.137. The highest BCUT2D eigenvalue weighted by Gasteiger charge is 2.38. The van der Waals surface area contributed by atoms with Crippen LogP contribution in [0.2, 0.25) is 0 Å². The van der Waals surface area contributed by atoms with Gasteiger partial charge in [-0.1, -0.05) is 19.9 Å². The SMILES string of the molecule is CCC1=C(C(F)(F)F)C=C(C)N(C2=NC(=Nc3cc(OC)cc(C(F)(F)F)c3)CCC(C)/C=C\2c2ccc(C(=O)O)s2)C1. The third-order valence-electron chi connectivity index (χ3n) is 7.04. The molecule has 1 unspecified atom stereocenters. The van der Waals surface area contributed by atoms with E-state index in [0.29, 0.717) is 16.9 Å². The Morgan fingerprint density at radius 2 is 1.88 bits per heavy atom. The highest BCUT2D eigenvalue weighted by Crippen LogP contribution is 2.39. The van der Waals surface area contributed by atoms with E-state index in [1.165, 1.54) is 26.2 Å². The summed E-state index contributed by atoms with van der Waals surface area (Å²) in [7, 11) is 1.24. The maximum Gasteiger partial charge on any atom is 0.416 e. The number of allylic oxidation sites excluding steroid dienone is 4. The zero-order chi connectivity index (χ0) is 31.7. The van der Waals surface area contributed by atoms with Gasteiger partial charge in [0.25, 0.3) is 0 Å². The van der Waals surface area contributed by atoms with Crippen molar-refractivity contribution in [3.63, 3.8) is 0 Å². The van der Waals surface area contributed by atoms with Crippen molar-refractivity contribution < 1.29 is 41.0 Å². The molecule has 0 spiro atoms. The molecule has 0 saturated carbocycles. The molecule has 2 aromatic rings. The number of benzene rings is 1. The quantitative estimate of drug-likeness (QED) is 0.337. The number of carbonyl (C=O) groups is 1. The van der Waals surface area contributed by atoms with Crippen molar-refractivity contribution in [1.29, 1.82) is 0 Å². The van der Waals surface area contributed by atoms with Gasteiger partial charge >= 0.3 is 18.3 Å². The van der Waals surface area contributed by atoms with E-state index in [2.05, 4.69) is 4.99 Å². The Kier molecular flexibility index (Phi) is 9.24. The van der Waals surface area contributed by atoms with Crippen molar-refractivity contribution in [3.05, 3.63) is 74.6 Å². The largest absolute Gasteiger partial charge is 0.497 e. The first kappa shape index (κ1) is 32.1. The number of hydrogen-bond donors (Lipinski definition) is 1. The van der Waals surface area contributed by atoms with E-state index in [-0.39, 0.29) is 64.6 Å². The van der Waals surface area contributed by atoms with Gasteiger partial charge in [0, 0.05) is 35.2 Å². The fraction of sp³-hybridized carbons (Fsp3) is 0.367. The van der Waals surface area contributed by atoms with E-state index >= 15 is 0 Å². The van der Waals surface area contributed by atoms with Crippen molar-refractivity contribution in [2.75, 3.05) is 13.7 Å². The number of nitrogens with zero attached hydrogens (tertiary/aromatic N) is 3. The molecule has 13 heteroatoms. The highest BCUT2D eigenvalue weighted by molar-refractivity contribution is 7.15. The molecular weight excluding hydrogens is 596 g/mol. The number of carboxylic acid groups (broad SMARTS) is 1. The maximum atomic E-state index is 13.9. The number of thiophene rings is 1. The summed E-state index contributed by atoms with van der Waals surface area (Å²) in [5.41, 5.74) is -0.860. The van der Waals surface area contributed by atoms with Crippen LogP contribution in [0.5, 0.6) is 5.75 Å². The van der Waals surface area contributed by atoms with E-state index in [0.717, 1.165) is 29.5 Å². The Labute approximate surface area is 248 Å². The van der Waals surface area contributed by atoms with Gasteiger partial charge in [0.15, 0.2) is 0 Å². The van der Waals surface area contributed by atoms with E-state index in [1.807, 2.05) is 13.0 Å². The lowest BCUT2D eigenvalue weighted by Gasteiger charge is -2.34. The van der Waals surface area contributed by atoms with Crippen LogP contribution in [0.25, 0.3) is 5.57 Å². The smallest absolute Gasteiger partial charge is 0.416 e. The first-order chi connectivity index (χ1) is 20.1. The number of amidine groups is 2. The first-order valence-corrected chi connectivity index (χ1v) is 14.2. The lowest BCUT2D eigenvalue weighted by Crippen LogP contribution is -2.37. The van der Waals surface area contributed by atoms with Crippen molar-refractivity contribution in [3.8, 4) is 5.75 Å². The minimum Gasteiger partial charge on any atom is -0.497 e. The molecule has 6 nitrogen and oxygen atoms in total. The van der Waals surface area contributed by atoms with Gasteiger partial charge in [-0.15, -0.1) is 11.3 Å². The second-order valence-electron chi connectivity index (χ2n) is 10.2. The standard InChI is InChI=1S/C30H29F6N3O3S/c1-5-18-15-39(17(3)11-23(18)30(34,35)36)27-22(24-7-8-25(43-24)28(40)41)10-16(2)6-9-26(38-27)37-20-12-19(29(31,32)33)13-21(14-20)42-4/h7-8,10-14,16H,5-6,9,15H2,1-4H3,(H,40,41)/b22-10-,37-26?,38-27?. The van der Waals surface area contributed by atoms with Crippen LogP contribution in [-0.4, -0.2) is 47.5 Å². The highest BCUT2D eigenvalue weighted by atomic mass is 32.1. The van der Waals surface area contributed by atoms with E-state index in [1.54, 1.807) is 17.9 Å². The van der Waals surface area contributed by atoms with Crippen molar-refractivity contribution >= 4 is 40.2 Å². The number of alkyl halides is 6. The van der Waals surface area contributed by atoms with Gasteiger partial charge < -0.3 is 14.7 Å². The Hall–Kier alpha value is -3.87. The van der Waals surface area contributed by atoms with Crippen molar-refractivity contribution in [2.24, 2.45) is 15.9 Å². The Balaban J connectivity index is 1.93. The summed E-state index contributed by atoms with van der Waals surface area (Å²) < 4.78 is 87.4. The molecule has 1 aromatic carbocycles. The molecule has 0 bridgehead atoms. The summed E-state index contributed by atoms with van der Waals surface area (Å²) in [5, 5.41) is 9.53. The molecule has 0 radical (unpaired) electrons. The Bertz CT molecular complexity index is 1560. The normalized spacial score (nSPS) is 20.7. The van der Waals surface area contributed by atoms with Crippen LogP contribution in [0.4, 0.5) is 32.0 Å². The van der Waals surface area contributed by atoms with E-state index in [9.17, 15) is 36.2 Å². The van der Waals surface area contributed by atoms with Gasteiger partial charge in [0.2, 0.25) is 0 Å². The number of rotatable bonds is 5. The molecule has 43 heavy (non-hydrogen) atoms. The molecule has 4 rings (SSSR count). The number of carboxylic acids is 1. The molecule has 3 heterocycles. The van der Waals surface area contributed by atoms with Crippen LogP contribution in [0.3, 0.4) is 0 Å². The Morgan fingerprint density at radius 1 is 1.16 bits per heavy atom. The second kappa shape index (κ2) is 12.4. The average Bonchev–Trinajstić information content (AvgIpc) is 3.42. The first-order valence-electron chi connectivity index (χ1n) is 13.3. The molecule has 0 aliphatic carbocycles. The minimum absolute atomic E-state index is 0.0489. The fourth-order valence-electron chi connectivity index (χ4n) is 4.81. The van der Waals surface area contributed by atoms with Crippen LogP contribution < -0.4 is 4.74 Å². The van der Waals surface area contributed by atoms with Gasteiger partial charge in [0.1, 0.15) is 22.3 Å². The van der Waals surface area contributed by atoms with Crippen LogP contribution in [0.15, 0.2) is 69.3 Å². The van der Waals surface area contributed by atoms with Crippen LogP contribution in [0, 0.1) is 5.92 Å². The third kappa shape index (κ3) is 7.38. The number of halogens is 6. The summed E-state index contributed by atoms with van der Waals surface area (Å²) in [6.07, 6.45) is -5.38. The van der Waals surface area contributed by atoms with Gasteiger partial charge in [-0.05, 0) is 61.6 Å². The fourth-order valence-corrected chi connectivity index (χ4v) is 5.67. The topological polar surface area (TPSA) is 74.5 Å². The van der Waals surface area contributed by atoms with Crippen molar-refractivity contribution in [1.82, 2.24) is 4.90 Å². The summed E-state index contributed by atoms with van der Waals surface area (Å²) >= 11 is 0.993. The number of methoxy groups -OCH3 is 1. The zero-order valence-electron chi connectivity index (χ0n) is 23.7. The maximum absolute atomic E-state index is 13.9. The predicted molar refractivity (Wildman–Crippen MR) is 154 cm³/mol. The summed E-state index contributed by atoms with van der Waals surface area (Å²) in [5.74, 6) is -0.900. The number of ether oxygens (including phenoxy) is 1. The molecule has 1 atom stereocenters. The molecule has 1 aromatic heterocycles. The monoisotopic (exact) mass is 625 g/mol. The lowest BCUT2D eigenvalue weighted by atomic mass is 9.95. The zero-order valence-corrected chi connectivity index (χ0v) is 24.5. The second-order valence-corrected chi connectivity index (χ2v) is 11.3. The third-order valence-corrected chi connectivity index (χ3v) is 8.15. The van der Waals surface area contributed by atoms with E-state index < -0.39 is 29.5 Å². The summed E-state index contributed by atoms with van der Waals surface area (Å²) in [6, 6.07) is 6.12. The van der Waals surface area contributed by atoms with Crippen LogP contribution in [0.1, 0.15) is 60.1 Å². The predicted octanol–water partition coefficient (Wildman–Crippen LogP) is 8.90. The number of aliphatic imine (C=N–C) groups is 2. The van der Waals surface area contributed by atoms with Crippen LogP contribution >= 0.6 is 11.3 Å². The average molecular weight is 626 g/mol. The van der Waals surface area contributed by atoms with Gasteiger partial charge in [-0.25, -0.2) is 14.8 Å². The molecule has 230 valence electrons. The molecule has 2 aliphatic heterocycles. The van der Waals surface area contributed by atoms with Gasteiger partial charge in [-0.3, -0.25) is 0 Å². The number of hydrogen-bond acceptors (Lipinski definition) is 5. The Morgan fingerprint density at radius 3 is 2.47 bits per heavy atom. The molecular formula is C30H29F6N3O3S. The molecule has 0 saturated heterocycles. The summed E-state index contributed by atoms with van der Waals surface area (Å²) in [4.78, 5) is 23.1. The van der Waals surface area contributed by atoms with Gasteiger partial charge in [-0.2, -0.15) is 26.3 Å². The number of aromatic carboxylic acids is 1. The molecule has 1 N–H and O–H groups in total.